The fourth-order valence-electron chi connectivity index (χ4n) is 1.83. The maximum Gasteiger partial charge on any atom is 0.332 e. The number of halogens is 2. The zero-order valence-electron chi connectivity index (χ0n) is 10.2. The number of nitrogens with zero attached hydrogens (tertiary/aromatic N) is 2. The second-order valence-corrected chi connectivity index (χ2v) is 4.02. The Morgan fingerprint density at radius 2 is 2.05 bits per heavy atom. The first-order valence-corrected chi connectivity index (χ1v) is 5.60. The van der Waals surface area contributed by atoms with E-state index in [0.29, 0.717) is 11.0 Å². The molecule has 19 heavy (non-hydrogen) atoms. The Morgan fingerprint density at radius 1 is 1.32 bits per heavy atom. The van der Waals surface area contributed by atoms with E-state index in [1.54, 1.807) is 0 Å². The molecule has 5 nitrogen and oxygen atoms in total. The van der Waals surface area contributed by atoms with Gasteiger partial charge >= 0.3 is 6.03 Å². The molecule has 1 aliphatic rings. The van der Waals surface area contributed by atoms with Gasteiger partial charge in [0.15, 0.2) is 0 Å². The maximum absolute atomic E-state index is 13.6. The maximum atomic E-state index is 13.6. The molecule has 0 saturated carbocycles. The number of hydrogen-bond acceptors (Lipinski definition) is 3. The first-order valence-electron chi connectivity index (χ1n) is 5.60. The van der Waals surface area contributed by atoms with Crippen LogP contribution in [0.5, 0.6) is 0 Å². The van der Waals surface area contributed by atoms with Crippen LogP contribution in [0.25, 0.3) is 0 Å². The molecule has 0 aromatic heterocycles. The Labute approximate surface area is 108 Å². The monoisotopic (exact) mass is 270 g/mol. The molecular formula is C12H12F2N2O3. The number of benzene rings is 1. The van der Waals surface area contributed by atoms with Crippen molar-refractivity contribution in [3.8, 4) is 0 Å². The van der Waals surface area contributed by atoms with Crippen molar-refractivity contribution in [2.45, 2.75) is 0 Å². The average molecular weight is 270 g/mol. The van der Waals surface area contributed by atoms with Crippen molar-refractivity contribution in [1.29, 1.82) is 0 Å². The van der Waals surface area contributed by atoms with Crippen molar-refractivity contribution in [3.63, 3.8) is 0 Å². The first kappa shape index (κ1) is 13.4. The van der Waals surface area contributed by atoms with Gasteiger partial charge in [-0.3, -0.25) is 4.79 Å². The summed E-state index contributed by atoms with van der Waals surface area (Å²) < 4.78 is 31.2. The predicted octanol–water partition coefficient (Wildman–Crippen LogP) is 1.38. The van der Waals surface area contributed by atoms with Gasteiger partial charge in [0.25, 0.3) is 5.91 Å². The number of carbonyl (C=O) groups excluding carboxylic acids is 2. The molecule has 0 spiro atoms. The quantitative estimate of drug-likeness (QED) is 0.777. The summed E-state index contributed by atoms with van der Waals surface area (Å²) >= 11 is 0. The van der Waals surface area contributed by atoms with E-state index in [4.69, 9.17) is 4.74 Å². The molecule has 1 saturated heterocycles. The van der Waals surface area contributed by atoms with Crippen LogP contribution in [0.1, 0.15) is 0 Å². The molecule has 0 N–H and O–H groups in total. The molecule has 7 heteroatoms. The van der Waals surface area contributed by atoms with Crippen LogP contribution in [0, 0.1) is 11.6 Å². The topological polar surface area (TPSA) is 49.9 Å². The van der Waals surface area contributed by atoms with Gasteiger partial charge in [0.2, 0.25) is 0 Å². The standard InChI is InChI=1S/C12H12F2N2O3/c1-19-5-4-15-7-11(17)16(12(15)18)10-3-2-8(13)6-9(10)14/h2-3,6H,4-5,7H2,1H3. The molecule has 2 rings (SSSR count). The van der Waals surface area contributed by atoms with Crippen molar-refractivity contribution in [2.75, 3.05) is 31.7 Å². The number of rotatable bonds is 4. The van der Waals surface area contributed by atoms with E-state index in [-0.39, 0.29) is 25.4 Å². The minimum atomic E-state index is -0.949. The van der Waals surface area contributed by atoms with Crippen molar-refractivity contribution in [1.82, 2.24) is 4.90 Å². The van der Waals surface area contributed by atoms with Crippen LogP contribution < -0.4 is 4.90 Å². The summed E-state index contributed by atoms with van der Waals surface area (Å²) in [5.74, 6) is -2.27. The highest BCUT2D eigenvalue weighted by Gasteiger charge is 2.38. The molecule has 102 valence electrons. The van der Waals surface area contributed by atoms with Crippen LogP contribution in [0.2, 0.25) is 0 Å². The lowest BCUT2D eigenvalue weighted by atomic mass is 10.2. The van der Waals surface area contributed by atoms with Gasteiger partial charge in [-0.25, -0.2) is 18.5 Å². The third kappa shape index (κ3) is 2.55. The number of hydrogen-bond donors (Lipinski definition) is 0. The van der Waals surface area contributed by atoms with Gasteiger partial charge in [0, 0.05) is 19.7 Å². The van der Waals surface area contributed by atoms with Gasteiger partial charge in [0.1, 0.15) is 18.2 Å². The Hall–Kier alpha value is -2.02. The van der Waals surface area contributed by atoms with E-state index in [9.17, 15) is 18.4 Å². The minimum Gasteiger partial charge on any atom is -0.383 e. The Bertz CT molecular complexity index is 522. The Kier molecular flexibility index (Phi) is 3.75. The number of amides is 3. The van der Waals surface area contributed by atoms with Crippen LogP contribution in [-0.2, 0) is 9.53 Å². The fourth-order valence-corrected chi connectivity index (χ4v) is 1.83. The molecule has 1 aliphatic heterocycles. The lowest BCUT2D eigenvalue weighted by Gasteiger charge is -2.17. The zero-order valence-corrected chi connectivity index (χ0v) is 10.2. The van der Waals surface area contributed by atoms with Crippen LogP contribution >= 0.6 is 0 Å². The first-order chi connectivity index (χ1) is 9.04. The molecule has 3 amide bonds. The van der Waals surface area contributed by atoms with Crippen molar-refractivity contribution in [3.05, 3.63) is 29.8 Å². The van der Waals surface area contributed by atoms with Crippen LogP contribution in [0.15, 0.2) is 18.2 Å². The summed E-state index contributed by atoms with van der Waals surface area (Å²) in [6, 6.07) is 2.07. The van der Waals surface area contributed by atoms with Gasteiger partial charge in [-0.15, -0.1) is 0 Å². The number of methoxy groups -OCH3 is 1. The Balaban J connectivity index is 2.25. The van der Waals surface area contributed by atoms with Gasteiger partial charge < -0.3 is 9.64 Å². The second-order valence-electron chi connectivity index (χ2n) is 4.02. The molecule has 0 atom stereocenters. The van der Waals surface area contributed by atoms with Crippen LogP contribution in [0.3, 0.4) is 0 Å². The predicted molar refractivity (Wildman–Crippen MR) is 62.7 cm³/mol. The smallest absolute Gasteiger partial charge is 0.332 e. The third-order valence-corrected chi connectivity index (χ3v) is 2.75. The average Bonchev–Trinajstić information content (AvgIpc) is 2.63. The molecule has 0 aliphatic carbocycles. The van der Waals surface area contributed by atoms with Gasteiger partial charge in [0.05, 0.1) is 12.3 Å². The van der Waals surface area contributed by atoms with E-state index in [1.165, 1.54) is 12.0 Å². The summed E-state index contributed by atoms with van der Waals surface area (Å²) in [5, 5.41) is 0. The van der Waals surface area contributed by atoms with Gasteiger partial charge in [-0.1, -0.05) is 0 Å². The molecule has 0 bridgehead atoms. The molecular weight excluding hydrogens is 258 g/mol. The third-order valence-electron chi connectivity index (χ3n) is 2.75. The van der Waals surface area contributed by atoms with E-state index in [1.807, 2.05) is 0 Å². The summed E-state index contributed by atoms with van der Waals surface area (Å²) in [6.07, 6.45) is 0. The van der Waals surface area contributed by atoms with Crippen molar-refractivity contribution < 1.29 is 23.1 Å². The highest BCUT2D eigenvalue weighted by atomic mass is 19.1. The van der Waals surface area contributed by atoms with Gasteiger partial charge in [-0.2, -0.15) is 0 Å². The van der Waals surface area contributed by atoms with E-state index < -0.39 is 23.6 Å². The molecule has 1 aromatic carbocycles. The number of imide groups is 1. The van der Waals surface area contributed by atoms with Crippen molar-refractivity contribution in [2.24, 2.45) is 0 Å². The summed E-state index contributed by atoms with van der Waals surface area (Å²) in [6.45, 7) is 0.373. The fraction of sp³-hybridized carbons (Fsp3) is 0.333. The van der Waals surface area contributed by atoms with E-state index in [0.717, 1.165) is 12.1 Å². The zero-order chi connectivity index (χ0) is 14.0. The van der Waals surface area contributed by atoms with Crippen LogP contribution in [-0.4, -0.2) is 43.6 Å². The van der Waals surface area contributed by atoms with Crippen molar-refractivity contribution >= 4 is 17.6 Å². The number of carbonyl (C=O) groups is 2. The summed E-state index contributed by atoms with van der Waals surface area (Å²) in [5.41, 5.74) is -0.240. The van der Waals surface area contributed by atoms with E-state index >= 15 is 0 Å². The lowest BCUT2D eigenvalue weighted by Crippen LogP contribution is -2.35. The molecule has 0 radical (unpaired) electrons. The second kappa shape index (κ2) is 5.31. The summed E-state index contributed by atoms with van der Waals surface area (Å²) in [7, 11) is 1.47. The number of ether oxygens (including phenoxy) is 1. The summed E-state index contributed by atoms with van der Waals surface area (Å²) in [4.78, 5) is 25.7. The largest absolute Gasteiger partial charge is 0.383 e. The van der Waals surface area contributed by atoms with Crippen LogP contribution in [0.4, 0.5) is 19.3 Å². The number of urea groups is 1. The normalized spacial score (nSPS) is 15.5. The SMILES string of the molecule is COCCN1CC(=O)N(c2ccc(F)cc2F)C1=O. The highest BCUT2D eigenvalue weighted by molar-refractivity contribution is 6.19. The highest BCUT2D eigenvalue weighted by Crippen LogP contribution is 2.24. The molecule has 0 unspecified atom stereocenters. The molecule has 1 heterocycles. The molecule has 1 fully saturated rings. The van der Waals surface area contributed by atoms with Gasteiger partial charge in [-0.05, 0) is 12.1 Å². The van der Waals surface area contributed by atoms with E-state index in [2.05, 4.69) is 0 Å². The minimum absolute atomic E-state index is 0.140. The lowest BCUT2D eigenvalue weighted by molar-refractivity contribution is -0.116. The molecule has 1 aromatic rings. The Morgan fingerprint density at radius 3 is 2.68 bits per heavy atom. The number of anilines is 1.